The van der Waals surface area contributed by atoms with Crippen LogP contribution in [0.3, 0.4) is 0 Å². The van der Waals surface area contributed by atoms with E-state index in [0.717, 1.165) is 67.2 Å². The molecule has 6 aromatic rings. The first-order valence-electron chi connectivity index (χ1n) is 13.3. The lowest BCUT2D eigenvalue weighted by Gasteiger charge is -2.10. The molecule has 2 heterocycles. The topological polar surface area (TPSA) is 32.6 Å². The predicted molar refractivity (Wildman–Crippen MR) is 168 cm³/mol. The second-order valence-electron chi connectivity index (χ2n) is 9.68. The number of fused-ring (bicyclic) bond motifs is 1. The lowest BCUT2D eigenvalue weighted by molar-refractivity contribution is 0.306. The second kappa shape index (κ2) is 11.7. The number of benzene rings is 4. The van der Waals surface area contributed by atoms with Gasteiger partial charge in [-0.15, -0.1) is 0 Å². The summed E-state index contributed by atoms with van der Waals surface area (Å²) in [5.41, 5.74) is 8.44. The third-order valence-corrected chi connectivity index (χ3v) is 7.80. The molecule has 0 N–H and O–H groups in total. The lowest BCUT2D eigenvalue weighted by atomic mass is 10.0. The van der Waals surface area contributed by atoms with E-state index >= 15 is 0 Å². The van der Waals surface area contributed by atoms with E-state index in [0.29, 0.717) is 6.61 Å². The number of hydrogen-bond donors (Lipinski definition) is 0. The van der Waals surface area contributed by atoms with Crippen LogP contribution >= 0.6 is 11.3 Å². The Bertz CT molecular complexity index is 1840. The zero-order valence-electron chi connectivity index (χ0n) is 23.2. The molecule has 202 valence electrons. The molecule has 4 nitrogen and oxygen atoms in total. The quantitative estimate of drug-likeness (QED) is 0.185. The van der Waals surface area contributed by atoms with E-state index in [9.17, 15) is 0 Å². The van der Waals surface area contributed by atoms with Crippen molar-refractivity contribution in [2.75, 3.05) is 14.2 Å². The Morgan fingerprint density at radius 1 is 0.707 bits per heavy atom. The van der Waals surface area contributed by atoms with E-state index < -0.39 is 0 Å². The molecule has 0 aliphatic heterocycles. The van der Waals surface area contributed by atoms with Gasteiger partial charge in [0.1, 0.15) is 23.9 Å². The van der Waals surface area contributed by atoms with E-state index in [2.05, 4.69) is 71.3 Å². The summed E-state index contributed by atoms with van der Waals surface area (Å²) in [6.45, 7) is 0.542. The van der Waals surface area contributed by atoms with Crippen molar-refractivity contribution in [2.24, 2.45) is 7.05 Å². The van der Waals surface area contributed by atoms with Crippen LogP contribution in [0.15, 0.2) is 108 Å². The molecule has 0 aliphatic carbocycles. The van der Waals surface area contributed by atoms with Gasteiger partial charge < -0.3 is 18.8 Å². The van der Waals surface area contributed by atoms with Gasteiger partial charge in [-0.1, -0.05) is 60.4 Å². The number of nitrogens with zero attached hydrogens (tertiary/aromatic N) is 1. The molecule has 0 saturated carbocycles. The maximum absolute atomic E-state index is 6.00. The van der Waals surface area contributed by atoms with Crippen LogP contribution < -0.4 is 14.2 Å². The van der Waals surface area contributed by atoms with Crippen molar-refractivity contribution in [2.45, 2.75) is 6.61 Å². The van der Waals surface area contributed by atoms with E-state index in [-0.39, 0.29) is 0 Å². The molecular weight excluding hydrogens is 526 g/mol. The van der Waals surface area contributed by atoms with Crippen molar-refractivity contribution in [3.8, 4) is 51.5 Å². The van der Waals surface area contributed by atoms with Gasteiger partial charge in [0, 0.05) is 40.5 Å². The van der Waals surface area contributed by atoms with Crippen LogP contribution in [0.1, 0.15) is 16.7 Å². The van der Waals surface area contributed by atoms with Crippen LogP contribution in [-0.4, -0.2) is 18.8 Å². The van der Waals surface area contributed by atoms with Crippen LogP contribution in [-0.2, 0) is 13.7 Å². The lowest BCUT2D eigenvalue weighted by Crippen LogP contribution is -1.95. The highest BCUT2D eigenvalue weighted by Gasteiger charge is 2.18. The molecule has 2 aromatic heterocycles. The largest absolute Gasteiger partial charge is 0.497 e. The first-order chi connectivity index (χ1) is 20.1. The molecule has 0 atom stereocenters. The van der Waals surface area contributed by atoms with Crippen molar-refractivity contribution < 1.29 is 14.2 Å². The van der Waals surface area contributed by atoms with Crippen molar-refractivity contribution in [3.63, 3.8) is 0 Å². The number of ether oxygens (including phenoxy) is 3. The standard InChI is InChI=1S/C36H29NO3S/c1-37-35-16-12-28(27-10-13-30(14-11-27)40-23-25-7-5-4-6-8-25)21-34(35)33(15-9-26-17-18-41-24-26)36(37)29-19-31(38-2)22-32(20-29)39-3/h4-8,10-14,16-22,24H,23H2,1-3H3. The van der Waals surface area contributed by atoms with Gasteiger partial charge >= 0.3 is 0 Å². The van der Waals surface area contributed by atoms with E-state index in [1.807, 2.05) is 60.0 Å². The van der Waals surface area contributed by atoms with E-state index in [1.165, 1.54) is 0 Å². The average molecular weight is 556 g/mol. The molecule has 0 radical (unpaired) electrons. The monoisotopic (exact) mass is 555 g/mol. The minimum absolute atomic E-state index is 0.542. The molecule has 0 unspecified atom stereocenters. The molecule has 0 amide bonds. The molecule has 41 heavy (non-hydrogen) atoms. The molecule has 0 aliphatic rings. The Morgan fingerprint density at radius 3 is 2.12 bits per heavy atom. The van der Waals surface area contributed by atoms with Gasteiger partial charge in [-0.25, -0.2) is 0 Å². The highest BCUT2D eigenvalue weighted by molar-refractivity contribution is 7.08. The Kier molecular flexibility index (Phi) is 7.49. The first kappa shape index (κ1) is 26.3. The Morgan fingerprint density at radius 2 is 1.44 bits per heavy atom. The van der Waals surface area contributed by atoms with Gasteiger partial charge in [-0.3, -0.25) is 0 Å². The summed E-state index contributed by atoms with van der Waals surface area (Å²) in [6.07, 6.45) is 0. The van der Waals surface area contributed by atoms with Gasteiger partial charge in [0.05, 0.1) is 25.5 Å². The number of thiophene rings is 1. The maximum Gasteiger partial charge on any atom is 0.123 e. The number of aryl methyl sites for hydroxylation is 1. The first-order valence-corrected chi connectivity index (χ1v) is 14.2. The summed E-state index contributed by atoms with van der Waals surface area (Å²) >= 11 is 1.65. The van der Waals surface area contributed by atoms with Crippen LogP contribution in [0.4, 0.5) is 0 Å². The number of aromatic nitrogens is 1. The summed E-state index contributed by atoms with van der Waals surface area (Å²) in [5.74, 6) is 9.19. The Balaban J connectivity index is 1.42. The minimum atomic E-state index is 0.542. The summed E-state index contributed by atoms with van der Waals surface area (Å²) in [4.78, 5) is 0. The fraction of sp³-hybridized carbons (Fsp3) is 0.111. The SMILES string of the molecule is COc1cc(OC)cc(-c2c(C#Cc3ccsc3)c3cc(-c4ccc(OCc5ccccc5)cc4)ccc3n2C)c1. The number of rotatable bonds is 7. The average Bonchev–Trinajstić information content (AvgIpc) is 3.65. The number of methoxy groups -OCH3 is 2. The Hall–Kier alpha value is -4.92. The predicted octanol–water partition coefficient (Wildman–Crippen LogP) is 8.57. The highest BCUT2D eigenvalue weighted by atomic mass is 32.1. The fourth-order valence-corrected chi connectivity index (χ4v) is 5.58. The molecule has 0 bridgehead atoms. The summed E-state index contributed by atoms with van der Waals surface area (Å²) < 4.78 is 19.4. The molecule has 6 rings (SSSR count). The van der Waals surface area contributed by atoms with Gasteiger partial charge in [-0.2, -0.15) is 11.3 Å². The highest BCUT2D eigenvalue weighted by Crippen LogP contribution is 2.38. The van der Waals surface area contributed by atoms with E-state index in [4.69, 9.17) is 14.2 Å². The minimum Gasteiger partial charge on any atom is -0.497 e. The molecule has 0 saturated heterocycles. The summed E-state index contributed by atoms with van der Waals surface area (Å²) in [7, 11) is 5.42. The van der Waals surface area contributed by atoms with Gasteiger partial charge in [-0.05, 0) is 64.5 Å². The molecular formula is C36H29NO3S. The van der Waals surface area contributed by atoms with Crippen LogP contribution in [0.25, 0.3) is 33.3 Å². The van der Waals surface area contributed by atoms with E-state index in [1.54, 1.807) is 25.6 Å². The maximum atomic E-state index is 6.00. The molecule has 5 heteroatoms. The number of hydrogen-bond acceptors (Lipinski definition) is 4. The van der Waals surface area contributed by atoms with Crippen LogP contribution in [0.5, 0.6) is 17.2 Å². The normalized spacial score (nSPS) is 10.7. The third-order valence-electron chi connectivity index (χ3n) is 7.11. The molecule has 0 spiro atoms. The van der Waals surface area contributed by atoms with Gasteiger partial charge in [0.15, 0.2) is 0 Å². The second-order valence-corrected chi connectivity index (χ2v) is 10.5. The zero-order valence-corrected chi connectivity index (χ0v) is 24.0. The summed E-state index contributed by atoms with van der Waals surface area (Å²) in [6, 6.07) is 33.0. The van der Waals surface area contributed by atoms with Crippen molar-refractivity contribution in [3.05, 3.63) is 125 Å². The van der Waals surface area contributed by atoms with Crippen molar-refractivity contribution in [1.29, 1.82) is 0 Å². The van der Waals surface area contributed by atoms with Gasteiger partial charge in [0.2, 0.25) is 0 Å². The molecule has 4 aromatic carbocycles. The smallest absolute Gasteiger partial charge is 0.123 e. The van der Waals surface area contributed by atoms with Crippen molar-refractivity contribution in [1.82, 2.24) is 4.57 Å². The van der Waals surface area contributed by atoms with Crippen LogP contribution in [0, 0.1) is 11.8 Å². The van der Waals surface area contributed by atoms with Crippen LogP contribution in [0.2, 0.25) is 0 Å². The van der Waals surface area contributed by atoms with Crippen molar-refractivity contribution >= 4 is 22.2 Å². The Labute approximate surface area is 244 Å². The fourth-order valence-electron chi connectivity index (χ4n) is 4.99. The molecule has 0 fully saturated rings. The third kappa shape index (κ3) is 5.56. The summed E-state index contributed by atoms with van der Waals surface area (Å²) in [5, 5.41) is 5.21. The zero-order chi connectivity index (χ0) is 28.2. The van der Waals surface area contributed by atoms with Gasteiger partial charge in [0.25, 0.3) is 0 Å².